The molecule has 128 valence electrons. The first-order valence-corrected chi connectivity index (χ1v) is 8.78. The highest BCUT2D eigenvalue weighted by Gasteiger charge is 2.24. The average Bonchev–Trinajstić information content (AvgIpc) is 2.87. The third-order valence-electron chi connectivity index (χ3n) is 3.39. The van der Waals surface area contributed by atoms with E-state index in [0.29, 0.717) is 10.8 Å². The molecule has 0 spiro atoms. The van der Waals surface area contributed by atoms with Crippen LogP contribution in [0.2, 0.25) is 0 Å². The lowest BCUT2D eigenvalue weighted by molar-refractivity contribution is -0.383. The molecule has 0 fully saturated rings. The van der Waals surface area contributed by atoms with E-state index in [9.17, 15) is 10.1 Å². The summed E-state index contributed by atoms with van der Waals surface area (Å²) in [5.41, 5.74) is 1.29. The number of anilines is 4. The number of hydrogen-bond acceptors (Lipinski definition) is 8. The van der Waals surface area contributed by atoms with Gasteiger partial charge in [0, 0.05) is 9.35 Å². The Morgan fingerprint density at radius 1 is 1.16 bits per heavy atom. The first kappa shape index (κ1) is 17.2. The van der Waals surface area contributed by atoms with Crippen molar-refractivity contribution in [1.82, 2.24) is 15.0 Å². The Balaban J connectivity index is 1.99. The summed E-state index contributed by atoms with van der Waals surface area (Å²) in [6.07, 6.45) is 1.27. The van der Waals surface area contributed by atoms with Crippen molar-refractivity contribution in [2.24, 2.45) is 0 Å². The van der Waals surface area contributed by atoms with Gasteiger partial charge in [-0.1, -0.05) is 12.1 Å². The zero-order valence-electron chi connectivity index (χ0n) is 13.3. The van der Waals surface area contributed by atoms with Gasteiger partial charge in [-0.05, 0) is 41.9 Å². The molecule has 0 saturated heterocycles. The monoisotopic (exact) mass is 420 g/mol. The summed E-state index contributed by atoms with van der Waals surface area (Å²) in [4.78, 5) is 24.5. The molecule has 8 nitrogen and oxygen atoms in total. The molecule has 0 saturated carbocycles. The van der Waals surface area contributed by atoms with Gasteiger partial charge in [-0.2, -0.15) is 0 Å². The number of halogens is 1. The van der Waals surface area contributed by atoms with E-state index in [1.54, 1.807) is 6.07 Å². The number of para-hydroxylation sites is 1. The van der Waals surface area contributed by atoms with Crippen LogP contribution in [0.4, 0.5) is 28.1 Å². The Kier molecular flexibility index (Phi) is 4.91. The van der Waals surface area contributed by atoms with Crippen molar-refractivity contribution in [2.75, 3.05) is 10.6 Å². The minimum absolute atomic E-state index is 0.0864. The number of nitro groups is 1. The summed E-state index contributed by atoms with van der Waals surface area (Å²) in [6.45, 7) is 3.82. The molecule has 0 aliphatic carbocycles. The lowest BCUT2D eigenvalue weighted by Gasteiger charge is -2.10. The molecule has 2 N–H and O–H groups in total. The van der Waals surface area contributed by atoms with E-state index in [1.165, 1.54) is 17.7 Å². The topological polar surface area (TPSA) is 106 Å². The van der Waals surface area contributed by atoms with Crippen LogP contribution in [0.15, 0.2) is 35.1 Å². The van der Waals surface area contributed by atoms with Crippen LogP contribution in [-0.2, 0) is 0 Å². The summed E-state index contributed by atoms with van der Waals surface area (Å²) in [5, 5.41) is 18.0. The standard InChI is InChI=1S/C15H13BrN6O2S/c1-8-9(2)25-15(19-8)21-14-12(22(23)24)13(17-7-18-14)20-11-6-4-3-5-10(11)16/h3-7H,1-2H3,(H2,17,18,19,20,21). The second kappa shape index (κ2) is 7.11. The zero-order valence-corrected chi connectivity index (χ0v) is 15.7. The quantitative estimate of drug-likeness (QED) is 0.454. The Bertz CT molecular complexity index is 926. The van der Waals surface area contributed by atoms with E-state index < -0.39 is 4.92 Å². The van der Waals surface area contributed by atoms with Gasteiger partial charge in [0.25, 0.3) is 0 Å². The van der Waals surface area contributed by atoms with E-state index in [-0.39, 0.29) is 17.3 Å². The van der Waals surface area contributed by atoms with Gasteiger partial charge >= 0.3 is 5.69 Å². The molecule has 0 atom stereocenters. The Hall–Kier alpha value is -2.59. The van der Waals surface area contributed by atoms with Gasteiger partial charge in [-0.3, -0.25) is 10.1 Å². The van der Waals surface area contributed by atoms with Crippen LogP contribution in [0.5, 0.6) is 0 Å². The molecule has 3 rings (SSSR count). The third-order valence-corrected chi connectivity index (χ3v) is 5.07. The van der Waals surface area contributed by atoms with Crippen LogP contribution in [0.25, 0.3) is 0 Å². The van der Waals surface area contributed by atoms with Gasteiger partial charge in [0.05, 0.1) is 16.3 Å². The molecule has 1 aromatic carbocycles. The van der Waals surface area contributed by atoms with Crippen molar-refractivity contribution >= 4 is 55.4 Å². The molecule has 0 aliphatic rings. The maximum atomic E-state index is 11.6. The van der Waals surface area contributed by atoms with Gasteiger partial charge in [0.15, 0.2) is 5.13 Å². The first-order chi connectivity index (χ1) is 12.0. The van der Waals surface area contributed by atoms with E-state index >= 15 is 0 Å². The number of benzene rings is 1. The summed E-state index contributed by atoms with van der Waals surface area (Å²) in [6, 6.07) is 7.29. The van der Waals surface area contributed by atoms with Crippen molar-refractivity contribution in [3.8, 4) is 0 Å². The van der Waals surface area contributed by atoms with Crippen molar-refractivity contribution in [2.45, 2.75) is 13.8 Å². The van der Waals surface area contributed by atoms with Crippen LogP contribution >= 0.6 is 27.3 Å². The van der Waals surface area contributed by atoms with Crippen molar-refractivity contribution in [3.63, 3.8) is 0 Å². The van der Waals surface area contributed by atoms with Crippen LogP contribution in [0.3, 0.4) is 0 Å². The Morgan fingerprint density at radius 2 is 1.84 bits per heavy atom. The maximum Gasteiger partial charge on any atom is 0.353 e. The summed E-state index contributed by atoms with van der Waals surface area (Å²) >= 11 is 4.81. The number of thiazole rings is 1. The van der Waals surface area contributed by atoms with E-state index in [1.807, 2.05) is 32.0 Å². The molecule has 2 aromatic heterocycles. The lowest BCUT2D eigenvalue weighted by Crippen LogP contribution is -2.05. The van der Waals surface area contributed by atoms with E-state index in [4.69, 9.17) is 0 Å². The van der Waals surface area contributed by atoms with Crippen molar-refractivity contribution in [1.29, 1.82) is 0 Å². The van der Waals surface area contributed by atoms with Crippen molar-refractivity contribution in [3.05, 3.63) is 55.8 Å². The smallest absolute Gasteiger partial charge is 0.333 e. The molecular formula is C15H13BrN6O2S. The van der Waals surface area contributed by atoms with E-state index in [2.05, 4.69) is 41.5 Å². The lowest BCUT2D eigenvalue weighted by atomic mass is 10.3. The van der Waals surface area contributed by atoms with Gasteiger partial charge in [0.2, 0.25) is 11.6 Å². The molecule has 0 amide bonds. The minimum Gasteiger partial charge on any atom is -0.333 e. The molecule has 0 radical (unpaired) electrons. The second-order valence-corrected chi connectivity index (χ2v) is 7.12. The predicted octanol–water partition coefficient (Wildman–Crippen LogP) is 4.71. The third kappa shape index (κ3) is 3.74. The number of rotatable bonds is 5. The molecular weight excluding hydrogens is 408 g/mol. The van der Waals surface area contributed by atoms with Gasteiger partial charge in [-0.15, -0.1) is 11.3 Å². The van der Waals surface area contributed by atoms with Crippen molar-refractivity contribution < 1.29 is 4.92 Å². The van der Waals surface area contributed by atoms with E-state index in [0.717, 1.165) is 15.0 Å². The van der Waals surface area contributed by atoms with Gasteiger partial charge in [-0.25, -0.2) is 15.0 Å². The Labute approximate surface area is 155 Å². The predicted molar refractivity (Wildman–Crippen MR) is 101 cm³/mol. The number of aromatic nitrogens is 3. The number of aryl methyl sites for hydroxylation is 2. The van der Waals surface area contributed by atoms with Crippen LogP contribution in [0, 0.1) is 24.0 Å². The summed E-state index contributed by atoms with van der Waals surface area (Å²) < 4.78 is 0.767. The fraction of sp³-hybridized carbons (Fsp3) is 0.133. The number of nitrogens with zero attached hydrogens (tertiary/aromatic N) is 4. The fourth-order valence-corrected chi connectivity index (χ4v) is 3.25. The highest BCUT2D eigenvalue weighted by molar-refractivity contribution is 9.10. The average molecular weight is 421 g/mol. The number of nitrogens with one attached hydrogen (secondary N) is 2. The Morgan fingerprint density at radius 3 is 2.44 bits per heavy atom. The highest BCUT2D eigenvalue weighted by Crippen LogP contribution is 2.35. The largest absolute Gasteiger partial charge is 0.353 e. The maximum absolute atomic E-state index is 11.6. The molecule has 10 heteroatoms. The molecule has 25 heavy (non-hydrogen) atoms. The summed E-state index contributed by atoms with van der Waals surface area (Å²) in [7, 11) is 0. The highest BCUT2D eigenvalue weighted by atomic mass is 79.9. The zero-order chi connectivity index (χ0) is 18.0. The summed E-state index contributed by atoms with van der Waals surface area (Å²) in [5.74, 6) is 0.183. The van der Waals surface area contributed by atoms with Gasteiger partial charge < -0.3 is 10.6 Å². The molecule has 0 unspecified atom stereocenters. The first-order valence-electron chi connectivity index (χ1n) is 7.17. The molecule has 0 aliphatic heterocycles. The van der Waals surface area contributed by atoms with Crippen LogP contribution in [0.1, 0.15) is 10.6 Å². The number of hydrogen-bond donors (Lipinski definition) is 2. The van der Waals surface area contributed by atoms with Crippen LogP contribution in [-0.4, -0.2) is 19.9 Å². The SMILES string of the molecule is Cc1nc(Nc2ncnc(Nc3ccccc3Br)c2[N+](=O)[O-])sc1C. The normalized spacial score (nSPS) is 10.5. The minimum atomic E-state index is -0.519. The molecule has 0 bridgehead atoms. The second-order valence-electron chi connectivity index (χ2n) is 5.07. The molecule has 2 heterocycles. The fourth-order valence-electron chi connectivity index (χ4n) is 2.05. The molecule has 3 aromatic rings. The van der Waals surface area contributed by atoms with Crippen LogP contribution < -0.4 is 10.6 Å². The van der Waals surface area contributed by atoms with Gasteiger partial charge in [0.1, 0.15) is 6.33 Å².